The number of anilines is 1. The Hall–Kier alpha value is -2.74. The average molecular weight is 392 g/mol. The zero-order valence-corrected chi connectivity index (χ0v) is 16.6. The van der Waals surface area contributed by atoms with Gasteiger partial charge in [-0.25, -0.2) is 4.79 Å². The molecule has 0 heterocycles. The number of hydrogen-bond acceptors (Lipinski definition) is 5. The van der Waals surface area contributed by atoms with Crippen molar-refractivity contribution in [2.24, 2.45) is 0 Å². The third-order valence-electron chi connectivity index (χ3n) is 3.70. The van der Waals surface area contributed by atoms with Gasteiger partial charge in [0, 0.05) is 24.3 Å². The summed E-state index contributed by atoms with van der Waals surface area (Å²) < 4.78 is 32.7. The summed E-state index contributed by atoms with van der Waals surface area (Å²) in [6.07, 6.45) is 0.988. The fraction of sp³-hybridized carbons (Fsp3) is 0.316. The van der Waals surface area contributed by atoms with E-state index in [1.807, 2.05) is 19.9 Å². The zero-order valence-electron chi connectivity index (χ0n) is 15.8. The van der Waals surface area contributed by atoms with Crippen LogP contribution >= 0.6 is 0 Å². The number of methoxy groups -OCH3 is 1. The van der Waals surface area contributed by atoms with Gasteiger partial charge in [-0.1, -0.05) is 18.2 Å². The molecule has 0 aliphatic heterocycles. The molecule has 0 unspecified atom stereocenters. The number of amides is 2. The van der Waals surface area contributed by atoms with Crippen LogP contribution in [-0.2, 0) is 16.7 Å². The standard InChI is InChI=1S/C19H24N2O5S/c1-14(2)21(19(22)20-16-8-6-9-17(12-16)25-3)13-15-7-5-10-18(11-15)26-27(4,23)24/h5-12,14H,13H2,1-4H3,(H,20,22). The highest BCUT2D eigenvalue weighted by molar-refractivity contribution is 7.86. The average Bonchev–Trinajstić information content (AvgIpc) is 2.58. The first-order chi connectivity index (χ1) is 12.7. The van der Waals surface area contributed by atoms with Crippen LogP contribution in [-0.4, -0.2) is 38.8 Å². The van der Waals surface area contributed by atoms with Crippen LogP contribution in [0.2, 0.25) is 0 Å². The normalized spacial score (nSPS) is 11.1. The van der Waals surface area contributed by atoms with Gasteiger partial charge in [0.1, 0.15) is 11.5 Å². The van der Waals surface area contributed by atoms with Crippen LogP contribution in [0.1, 0.15) is 19.4 Å². The van der Waals surface area contributed by atoms with Crippen molar-refractivity contribution in [3.05, 3.63) is 54.1 Å². The Morgan fingerprint density at radius 2 is 1.78 bits per heavy atom. The van der Waals surface area contributed by atoms with Gasteiger partial charge in [0.15, 0.2) is 0 Å². The number of rotatable bonds is 7. The lowest BCUT2D eigenvalue weighted by molar-refractivity contribution is 0.193. The molecule has 7 nitrogen and oxygen atoms in total. The van der Waals surface area contributed by atoms with E-state index in [1.54, 1.807) is 54.5 Å². The minimum absolute atomic E-state index is 0.0740. The first-order valence-electron chi connectivity index (χ1n) is 8.38. The maximum absolute atomic E-state index is 12.7. The Morgan fingerprint density at radius 1 is 1.11 bits per heavy atom. The fourth-order valence-corrected chi connectivity index (χ4v) is 2.91. The summed E-state index contributed by atoms with van der Waals surface area (Å²) in [4.78, 5) is 14.4. The summed E-state index contributed by atoms with van der Waals surface area (Å²) in [7, 11) is -2.04. The Kier molecular flexibility index (Phi) is 6.68. The molecule has 0 aliphatic carbocycles. The minimum Gasteiger partial charge on any atom is -0.497 e. The molecule has 0 aliphatic rings. The van der Waals surface area contributed by atoms with E-state index in [2.05, 4.69) is 5.32 Å². The zero-order chi connectivity index (χ0) is 20.0. The van der Waals surface area contributed by atoms with Gasteiger partial charge in [-0.05, 0) is 43.7 Å². The Morgan fingerprint density at radius 3 is 2.41 bits per heavy atom. The molecule has 2 aromatic carbocycles. The molecule has 0 saturated carbocycles. The molecule has 0 saturated heterocycles. The van der Waals surface area contributed by atoms with Gasteiger partial charge in [-0.3, -0.25) is 0 Å². The topological polar surface area (TPSA) is 84.9 Å². The van der Waals surface area contributed by atoms with Gasteiger partial charge in [0.25, 0.3) is 0 Å². The third-order valence-corrected chi connectivity index (χ3v) is 4.20. The number of carbonyl (C=O) groups is 1. The SMILES string of the molecule is COc1cccc(NC(=O)N(Cc2cccc(OS(C)(=O)=O)c2)C(C)C)c1. The molecule has 146 valence electrons. The number of nitrogens with zero attached hydrogens (tertiary/aromatic N) is 1. The van der Waals surface area contributed by atoms with E-state index >= 15 is 0 Å². The summed E-state index contributed by atoms with van der Waals surface area (Å²) in [6, 6.07) is 13.4. The van der Waals surface area contributed by atoms with E-state index in [0.29, 0.717) is 18.0 Å². The van der Waals surface area contributed by atoms with Gasteiger partial charge in [-0.15, -0.1) is 0 Å². The van der Waals surface area contributed by atoms with E-state index in [0.717, 1.165) is 11.8 Å². The smallest absolute Gasteiger partial charge is 0.322 e. The molecule has 2 amide bonds. The molecular formula is C19H24N2O5S. The van der Waals surface area contributed by atoms with Crippen LogP contribution in [0.5, 0.6) is 11.5 Å². The number of benzene rings is 2. The molecule has 0 fully saturated rings. The maximum Gasteiger partial charge on any atom is 0.322 e. The highest BCUT2D eigenvalue weighted by Crippen LogP contribution is 2.20. The van der Waals surface area contributed by atoms with Crippen LogP contribution in [0.3, 0.4) is 0 Å². The lowest BCUT2D eigenvalue weighted by Crippen LogP contribution is -2.39. The second-order valence-corrected chi connectivity index (χ2v) is 7.89. The Labute approximate surface area is 160 Å². The number of carbonyl (C=O) groups excluding carboxylic acids is 1. The molecule has 1 N–H and O–H groups in total. The van der Waals surface area contributed by atoms with Gasteiger partial charge in [0.05, 0.1) is 13.4 Å². The molecule has 2 aromatic rings. The second-order valence-electron chi connectivity index (χ2n) is 6.32. The lowest BCUT2D eigenvalue weighted by Gasteiger charge is -2.27. The quantitative estimate of drug-likeness (QED) is 0.729. The van der Waals surface area contributed by atoms with Crippen LogP contribution < -0.4 is 14.2 Å². The highest BCUT2D eigenvalue weighted by atomic mass is 32.2. The number of hydrogen-bond donors (Lipinski definition) is 1. The second kappa shape index (κ2) is 8.77. The van der Waals surface area contributed by atoms with Crippen molar-refractivity contribution in [3.63, 3.8) is 0 Å². The maximum atomic E-state index is 12.7. The van der Waals surface area contributed by atoms with Gasteiger partial charge >= 0.3 is 16.1 Å². The first kappa shape index (κ1) is 20.6. The summed E-state index contributed by atoms with van der Waals surface area (Å²) >= 11 is 0. The summed E-state index contributed by atoms with van der Waals surface area (Å²) in [6.45, 7) is 4.11. The van der Waals surface area contributed by atoms with Crippen molar-refractivity contribution in [2.75, 3.05) is 18.7 Å². The predicted molar refractivity (Wildman–Crippen MR) is 105 cm³/mol. The van der Waals surface area contributed by atoms with Crippen molar-refractivity contribution in [2.45, 2.75) is 26.4 Å². The lowest BCUT2D eigenvalue weighted by atomic mass is 10.2. The molecule has 27 heavy (non-hydrogen) atoms. The van der Waals surface area contributed by atoms with Crippen molar-refractivity contribution in [3.8, 4) is 11.5 Å². The Bertz CT molecular complexity index is 896. The molecule has 8 heteroatoms. The number of ether oxygens (including phenoxy) is 1. The molecular weight excluding hydrogens is 368 g/mol. The van der Waals surface area contributed by atoms with E-state index in [1.165, 1.54) is 0 Å². The predicted octanol–water partition coefficient (Wildman–Crippen LogP) is 3.48. The van der Waals surface area contributed by atoms with Crippen LogP contribution in [0.15, 0.2) is 48.5 Å². The van der Waals surface area contributed by atoms with E-state index < -0.39 is 10.1 Å². The van der Waals surface area contributed by atoms with Gasteiger partial charge < -0.3 is 19.1 Å². The van der Waals surface area contributed by atoms with Crippen LogP contribution in [0.25, 0.3) is 0 Å². The number of urea groups is 1. The minimum atomic E-state index is -3.61. The number of nitrogens with one attached hydrogen (secondary N) is 1. The molecule has 0 radical (unpaired) electrons. The van der Waals surface area contributed by atoms with Crippen molar-refractivity contribution in [1.82, 2.24) is 4.90 Å². The van der Waals surface area contributed by atoms with Gasteiger partial charge in [0.2, 0.25) is 0 Å². The molecule has 0 bridgehead atoms. The molecule has 0 aromatic heterocycles. The molecule has 0 atom stereocenters. The van der Waals surface area contributed by atoms with Crippen LogP contribution in [0.4, 0.5) is 10.5 Å². The third kappa shape index (κ3) is 6.49. The van der Waals surface area contributed by atoms with Gasteiger partial charge in [-0.2, -0.15) is 8.42 Å². The Balaban J connectivity index is 2.15. The molecule has 2 rings (SSSR count). The van der Waals surface area contributed by atoms with E-state index in [-0.39, 0.29) is 17.8 Å². The van der Waals surface area contributed by atoms with Crippen molar-refractivity contribution >= 4 is 21.8 Å². The summed E-state index contributed by atoms with van der Waals surface area (Å²) in [5, 5.41) is 2.85. The molecule has 0 spiro atoms. The summed E-state index contributed by atoms with van der Waals surface area (Å²) in [5.41, 5.74) is 1.38. The fourth-order valence-electron chi connectivity index (χ4n) is 2.45. The summed E-state index contributed by atoms with van der Waals surface area (Å²) in [5.74, 6) is 0.862. The van der Waals surface area contributed by atoms with E-state index in [4.69, 9.17) is 8.92 Å². The first-order valence-corrected chi connectivity index (χ1v) is 10.2. The van der Waals surface area contributed by atoms with Crippen LogP contribution in [0, 0.1) is 0 Å². The largest absolute Gasteiger partial charge is 0.497 e. The van der Waals surface area contributed by atoms with E-state index in [9.17, 15) is 13.2 Å². The van der Waals surface area contributed by atoms with Crippen molar-refractivity contribution < 1.29 is 22.1 Å². The monoisotopic (exact) mass is 392 g/mol. The highest BCUT2D eigenvalue weighted by Gasteiger charge is 2.18. The van der Waals surface area contributed by atoms with Crippen molar-refractivity contribution in [1.29, 1.82) is 0 Å².